The molecule has 0 spiro atoms. The highest BCUT2D eigenvalue weighted by atomic mass is 35.5. The van der Waals surface area contributed by atoms with Crippen LogP contribution in [-0.2, 0) is 24.9 Å². The first kappa shape index (κ1) is 25.4. The molecule has 2 N–H and O–H groups in total. The minimum absolute atomic E-state index is 0. The number of likely N-dealkylation sites (N-methyl/N-ethyl adjacent to an activating group) is 1. The molecule has 0 radical (unpaired) electrons. The summed E-state index contributed by atoms with van der Waals surface area (Å²) in [6.45, 7) is 6.27. The molecule has 1 saturated heterocycles. The molecule has 162 valence electrons. The van der Waals surface area contributed by atoms with Crippen LogP contribution in [0.1, 0.15) is 42.5 Å². The van der Waals surface area contributed by atoms with Gasteiger partial charge in [-0.2, -0.15) is 5.10 Å². The summed E-state index contributed by atoms with van der Waals surface area (Å²) in [5.41, 5.74) is 3.31. The second-order valence-electron chi connectivity index (χ2n) is 7.66. The molecule has 6 nitrogen and oxygen atoms in total. The summed E-state index contributed by atoms with van der Waals surface area (Å²) in [5, 5.41) is 10.2. The number of amides is 1. The fourth-order valence-electron chi connectivity index (χ4n) is 3.57. The average molecular weight is 442 g/mol. The lowest BCUT2D eigenvalue weighted by molar-refractivity contribution is -0.123. The lowest BCUT2D eigenvalue weighted by Gasteiger charge is -2.30. The number of rotatable bonds is 7. The second-order valence-corrected chi connectivity index (χ2v) is 7.66. The quantitative estimate of drug-likeness (QED) is 0.692. The molecule has 2 aromatic rings. The van der Waals surface area contributed by atoms with Gasteiger partial charge < -0.3 is 10.6 Å². The van der Waals surface area contributed by atoms with E-state index >= 15 is 0 Å². The van der Waals surface area contributed by atoms with Gasteiger partial charge in [-0.3, -0.25) is 14.4 Å². The van der Waals surface area contributed by atoms with Crippen LogP contribution in [0.15, 0.2) is 36.7 Å². The first-order valence-electron chi connectivity index (χ1n) is 9.79. The SMILES string of the molecule is CNC(C(=O)NCc1ccc(CN2CCC(C)CC2)cc1)c1cnn(C)c1.Cl.Cl. The molecule has 1 aromatic carbocycles. The van der Waals surface area contributed by atoms with Crippen LogP contribution in [0.5, 0.6) is 0 Å². The molecule has 1 unspecified atom stereocenters. The van der Waals surface area contributed by atoms with Gasteiger partial charge in [-0.15, -0.1) is 24.8 Å². The van der Waals surface area contributed by atoms with E-state index in [0.29, 0.717) is 6.54 Å². The summed E-state index contributed by atoms with van der Waals surface area (Å²) in [6.07, 6.45) is 6.18. The zero-order valence-electron chi connectivity index (χ0n) is 17.4. The molecule has 1 aromatic heterocycles. The Hall–Kier alpha value is -1.60. The van der Waals surface area contributed by atoms with E-state index in [1.165, 1.54) is 31.5 Å². The molecular formula is C21H33Cl2N5O. The predicted molar refractivity (Wildman–Crippen MR) is 121 cm³/mol. The third kappa shape index (κ3) is 7.30. The number of benzene rings is 1. The van der Waals surface area contributed by atoms with Crippen LogP contribution in [0, 0.1) is 5.92 Å². The van der Waals surface area contributed by atoms with Crippen molar-refractivity contribution in [1.29, 1.82) is 0 Å². The number of hydrogen-bond acceptors (Lipinski definition) is 4. The van der Waals surface area contributed by atoms with Crippen molar-refractivity contribution in [3.63, 3.8) is 0 Å². The van der Waals surface area contributed by atoms with Gasteiger partial charge in [-0.1, -0.05) is 31.2 Å². The van der Waals surface area contributed by atoms with Gasteiger partial charge in [-0.25, -0.2) is 0 Å². The van der Waals surface area contributed by atoms with E-state index < -0.39 is 0 Å². The maximum atomic E-state index is 12.5. The molecule has 0 saturated carbocycles. The van der Waals surface area contributed by atoms with E-state index in [9.17, 15) is 4.79 Å². The van der Waals surface area contributed by atoms with E-state index in [0.717, 1.165) is 23.6 Å². The van der Waals surface area contributed by atoms with Crippen molar-refractivity contribution in [2.45, 2.75) is 38.9 Å². The van der Waals surface area contributed by atoms with Crippen LogP contribution < -0.4 is 10.6 Å². The number of halogens is 2. The zero-order valence-corrected chi connectivity index (χ0v) is 19.1. The molecule has 0 aliphatic carbocycles. The topological polar surface area (TPSA) is 62.2 Å². The fraction of sp³-hybridized carbons (Fsp3) is 0.524. The second kappa shape index (κ2) is 12.2. The Morgan fingerprint density at radius 1 is 1.17 bits per heavy atom. The van der Waals surface area contributed by atoms with E-state index in [4.69, 9.17) is 0 Å². The predicted octanol–water partition coefficient (Wildman–Crippen LogP) is 3.07. The number of likely N-dealkylation sites (tertiary alicyclic amines) is 1. The molecule has 2 heterocycles. The summed E-state index contributed by atoms with van der Waals surface area (Å²) >= 11 is 0. The third-order valence-electron chi connectivity index (χ3n) is 5.38. The minimum atomic E-state index is -0.389. The Balaban J connectivity index is 0.00000210. The lowest BCUT2D eigenvalue weighted by atomic mass is 9.99. The Morgan fingerprint density at radius 2 is 1.79 bits per heavy atom. The molecule has 1 atom stereocenters. The van der Waals surface area contributed by atoms with Gasteiger partial charge in [0.2, 0.25) is 5.91 Å². The lowest BCUT2D eigenvalue weighted by Crippen LogP contribution is -2.35. The van der Waals surface area contributed by atoms with Gasteiger partial charge in [0.1, 0.15) is 6.04 Å². The number of piperidine rings is 1. The Morgan fingerprint density at radius 3 is 2.34 bits per heavy atom. The van der Waals surface area contributed by atoms with Gasteiger partial charge >= 0.3 is 0 Å². The van der Waals surface area contributed by atoms with Crippen LogP contribution in [0.2, 0.25) is 0 Å². The number of aryl methyl sites for hydroxylation is 1. The first-order valence-corrected chi connectivity index (χ1v) is 9.79. The summed E-state index contributed by atoms with van der Waals surface area (Å²) in [4.78, 5) is 15.0. The van der Waals surface area contributed by atoms with Crippen molar-refractivity contribution in [3.8, 4) is 0 Å². The van der Waals surface area contributed by atoms with Crippen LogP contribution in [-0.4, -0.2) is 40.7 Å². The highest BCUT2D eigenvalue weighted by Crippen LogP contribution is 2.18. The maximum absolute atomic E-state index is 12.5. The van der Waals surface area contributed by atoms with Gasteiger partial charge in [0.05, 0.1) is 6.20 Å². The number of nitrogens with zero attached hydrogens (tertiary/aromatic N) is 3. The van der Waals surface area contributed by atoms with Gasteiger partial charge in [0.25, 0.3) is 0 Å². The monoisotopic (exact) mass is 441 g/mol. The van der Waals surface area contributed by atoms with Crippen LogP contribution in [0.4, 0.5) is 0 Å². The van der Waals surface area contributed by atoms with Crippen molar-refractivity contribution in [3.05, 3.63) is 53.3 Å². The largest absolute Gasteiger partial charge is 0.350 e. The van der Waals surface area contributed by atoms with Gasteiger partial charge in [0.15, 0.2) is 0 Å². The smallest absolute Gasteiger partial charge is 0.242 e. The molecule has 3 rings (SSSR count). The third-order valence-corrected chi connectivity index (χ3v) is 5.38. The molecular weight excluding hydrogens is 409 g/mol. The summed E-state index contributed by atoms with van der Waals surface area (Å²) in [7, 11) is 3.63. The molecule has 1 aliphatic heterocycles. The van der Waals surface area contributed by atoms with Crippen LogP contribution in [0.25, 0.3) is 0 Å². The van der Waals surface area contributed by atoms with Crippen molar-refractivity contribution in [2.75, 3.05) is 20.1 Å². The highest BCUT2D eigenvalue weighted by Gasteiger charge is 2.20. The Bertz CT molecular complexity index is 742. The molecule has 29 heavy (non-hydrogen) atoms. The first-order chi connectivity index (χ1) is 13.0. The summed E-state index contributed by atoms with van der Waals surface area (Å²) in [5.74, 6) is 0.817. The number of carbonyl (C=O) groups is 1. The zero-order chi connectivity index (χ0) is 19.2. The molecule has 0 bridgehead atoms. The van der Waals surface area contributed by atoms with Crippen molar-refractivity contribution < 1.29 is 4.79 Å². The van der Waals surface area contributed by atoms with Crippen molar-refractivity contribution in [1.82, 2.24) is 25.3 Å². The van der Waals surface area contributed by atoms with E-state index in [1.54, 1.807) is 17.9 Å². The van der Waals surface area contributed by atoms with E-state index in [1.807, 2.05) is 13.2 Å². The normalized spacial score (nSPS) is 15.8. The van der Waals surface area contributed by atoms with Crippen LogP contribution in [0.3, 0.4) is 0 Å². The van der Waals surface area contributed by atoms with Crippen molar-refractivity contribution >= 4 is 30.7 Å². The van der Waals surface area contributed by atoms with E-state index in [-0.39, 0.29) is 36.8 Å². The van der Waals surface area contributed by atoms with E-state index in [2.05, 4.69) is 51.8 Å². The van der Waals surface area contributed by atoms with Gasteiger partial charge in [0, 0.05) is 31.9 Å². The van der Waals surface area contributed by atoms with Gasteiger partial charge in [-0.05, 0) is 50.0 Å². The number of carbonyl (C=O) groups excluding carboxylic acids is 1. The van der Waals surface area contributed by atoms with Crippen LogP contribution >= 0.6 is 24.8 Å². The minimum Gasteiger partial charge on any atom is -0.350 e. The summed E-state index contributed by atoms with van der Waals surface area (Å²) in [6, 6.07) is 8.19. The Labute approximate surface area is 186 Å². The highest BCUT2D eigenvalue weighted by molar-refractivity contribution is 5.85. The molecule has 8 heteroatoms. The molecule has 1 aliphatic rings. The molecule has 1 amide bonds. The fourth-order valence-corrected chi connectivity index (χ4v) is 3.57. The molecule has 1 fully saturated rings. The number of hydrogen-bond donors (Lipinski definition) is 2. The number of aromatic nitrogens is 2. The summed E-state index contributed by atoms with van der Waals surface area (Å²) < 4.78 is 1.70. The average Bonchev–Trinajstić information content (AvgIpc) is 3.09. The Kier molecular flexibility index (Phi) is 10.7. The standard InChI is InChI=1S/C21H31N5O.2ClH/c1-16-8-10-26(11-9-16)14-18-6-4-17(5-7-18)12-23-21(27)20(22-2)19-13-24-25(3)15-19;;/h4-7,13,15-16,20,22H,8-12,14H2,1-3H3,(H,23,27);2*1H. The maximum Gasteiger partial charge on any atom is 0.242 e. The number of nitrogens with one attached hydrogen (secondary N) is 2. The van der Waals surface area contributed by atoms with Crippen molar-refractivity contribution in [2.24, 2.45) is 13.0 Å².